The summed E-state index contributed by atoms with van der Waals surface area (Å²) < 4.78 is 4.88. The predicted octanol–water partition coefficient (Wildman–Crippen LogP) is -1.18. The van der Waals surface area contributed by atoms with Gasteiger partial charge in [0.1, 0.15) is 6.54 Å². The lowest BCUT2D eigenvalue weighted by Crippen LogP contribution is -2.37. The molecule has 6 heteroatoms. The fourth-order valence-electron chi connectivity index (χ4n) is 0.586. The number of aliphatic hydroxyl groups excluding tert-OH is 1. The maximum Gasteiger partial charge on any atom is 0.315 e. The minimum atomic E-state index is -0.394. The van der Waals surface area contributed by atoms with Gasteiger partial charge in [-0.15, -0.1) is 0 Å². The van der Waals surface area contributed by atoms with Gasteiger partial charge in [-0.2, -0.15) is 5.26 Å². The van der Waals surface area contributed by atoms with Crippen molar-refractivity contribution in [2.45, 2.75) is 0 Å². The Morgan fingerprint density at radius 2 is 2.23 bits per heavy atom. The van der Waals surface area contributed by atoms with E-state index in [-0.39, 0.29) is 19.8 Å². The van der Waals surface area contributed by atoms with E-state index in [0.717, 1.165) is 0 Å². The van der Waals surface area contributed by atoms with Crippen LogP contribution < -0.4 is 10.6 Å². The second-order valence-corrected chi connectivity index (χ2v) is 2.10. The van der Waals surface area contributed by atoms with Crippen LogP contribution in [0, 0.1) is 11.3 Å². The first kappa shape index (κ1) is 11.7. The smallest absolute Gasteiger partial charge is 0.315 e. The van der Waals surface area contributed by atoms with Crippen molar-refractivity contribution in [2.24, 2.45) is 0 Å². The number of amides is 2. The number of aliphatic hydroxyl groups is 1. The van der Waals surface area contributed by atoms with Crippen LogP contribution in [0.5, 0.6) is 0 Å². The zero-order valence-electron chi connectivity index (χ0n) is 7.25. The molecular formula is C7H13N3O3. The zero-order chi connectivity index (χ0) is 9.94. The van der Waals surface area contributed by atoms with Gasteiger partial charge < -0.3 is 20.5 Å². The molecular weight excluding hydrogens is 174 g/mol. The van der Waals surface area contributed by atoms with Crippen molar-refractivity contribution in [1.82, 2.24) is 10.6 Å². The Morgan fingerprint density at radius 1 is 1.46 bits per heavy atom. The molecule has 0 saturated carbocycles. The lowest BCUT2D eigenvalue weighted by Gasteiger charge is -2.04. The third-order valence-corrected chi connectivity index (χ3v) is 1.10. The molecule has 0 saturated heterocycles. The van der Waals surface area contributed by atoms with Crippen molar-refractivity contribution in [3.63, 3.8) is 0 Å². The predicted molar refractivity (Wildman–Crippen MR) is 44.9 cm³/mol. The summed E-state index contributed by atoms with van der Waals surface area (Å²) in [5.41, 5.74) is 0. The van der Waals surface area contributed by atoms with Gasteiger partial charge in [0.25, 0.3) is 0 Å². The number of carbonyl (C=O) groups excluding carboxylic acids is 1. The first-order valence-corrected chi connectivity index (χ1v) is 3.88. The SMILES string of the molecule is N#CCNC(=O)NCCOCCO. The van der Waals surface area contributed by atoms with E-state index < -0.39 is 6.03 Å². The topological polar surface area (TPSA) is 94.4 Å². The molecule has 0 unspecified atom stereocenters. The largest absolute Gasteiger partial charge is 0.394 e. The number of ether oxygens (including phenoxy) is 1. The molecule has 0 spiro atoms. The van der Waals surface area contributed by atoms with Crippen molar-refractivity contribution in [3.05, 3.63) is 0 Å². The number of carbonyl (C=O) groups is 1. The summed E-state index contributed by atoms with van der Waals surface area (Å²) in [6.45, 7) is 0.934. The molecule has 74 valence electrons. The van der Waals surface area contributed by atoms with Crippen molar-refractivity contribution < 1.29 is 14.6 Å². The van der Waals surface area contributed by atoms with Gasteiger partial charge in [-0.3, -0.25) is 0 Å². The second-order valence-electron chi connectivity index (χ2n) is 2.10. The van der Waals surface area contributed by atoms with E-state index in [1.54, 1.807) is 6.07 Å². The van der Waals surface area contributed by atoms with Crippen molar-refractivity contribution >= 4 is 6.03 Å². The number of nitriles is 1. The first-order chi connectivity index (χ1) is 6.31. The van der Waals surface area contributed by atoms with Gasteiger partial charge in [-0.05, 0) is 0 Å². The Bertz CT molecular complexity index is 178. The summed E-state index contributed by atoms with van der Waals surface area (Å²) >= 11 is 0. The second kappa shape index (κ2) is 8.77. The highest BCUT2D eigenvalue weighted by molar-refractivity contribution is 5.73. The van der Waals surface area contributed by atoms with E-state index in [1.807, 2.05) is 0 Å². The van der Waals surface area contributed by atoms with Crippen LogP contribution in [0.3, 0.4) is 0 Å². The molecule has 0 aromatic carbocycles. The monoisotopic (exact) mass is 187 g/mol. The minimum absolute atomic E-state index is 0.0106. The van der Waals surface area contributed by atoms with Crippen LogP contribution in [0.25, 0.3) is 0 Å². The molecule has 0 aliphatic carbocycles. The van der Waals surface area contributed by atoms with Crippen LogP contribution in [0.2, 0.25) is 0 Å². The quantitative estimate of drug-likeness (QED) is 0.360. The molecule has 2 amide bonds. The number of hydrogen-bond acceptors (Lipinski definition) is 4. The fraction of sp³-hybridized carbons (Fsp3) is 0.714. The number of rotatable bonds is 6. The molecule has 0 aliphatic rings. The standard InChI is InChI=1S/C7H13N3O3/c8-1-2-9-7(12)10-3-5-13-6-4-11/h11H,2-6H2,(H2,9,10,12). The number of nitrogens with one attached hydrogen (secondary N) is 2. The molecule has 13 heavy (non-hydrogen) atoms. The third-order valence-electron chi connectivity index (χ3n) is 1.10. The van der Waals surface area contributed by atoms with E-state index in [0.29, 0.717) is 13.2 Å². The van der Waals surface area contributed by atoms with Crippen molar-refractivity contribution in [3.8, 4) is 6.07 Å². The highest BCUT2D eigenvalue weighted by Crippen LogP contribution is 1.71. The van der Waals surface area contributed by atoms with Gasteiger partial charge in [0.15, 0.2) is 0 Å². The molecule has 0 aromatic heterocycles. The summed E-state index contributed by atoms with van der Waals surface area (Å²) in [6.07, 6.45) is 0. The highest BCUT2D eigenvalue weighted by atomic mass is 16.5. The van der Waals surface area contributed by atoms with Gasteiger partial charge in [-0.1, -0.05) is 0 Å². The van der Waals surface area contributed by atoms with Gasteiger partial charge in [0, 0.05) is 6.54 Å². The average molecular weight is 187 g/mol. The molecule has 0 atom stereocenters. The molecule has 3 N–H and O–H groups in total. The van der Waals surface area contributed by atoms with Gasteiger partial charge in [0.05, 0.1) is 25.9 Å². The zero-order valence-corrected chi connectivity index (χ0v) is 7.25. The summed E-state index contributed by atoms with van der Waals surface area (Å²) in [6, 6.07) is 1.38. The Kier molecular flexibility index (Phi) is 7.88. The van der Waals surface area contributed by atoms with Gasteiger partial charge >= 0.3 is 6.03 Å². The Morgan fingerprint density at radius 3 is 2.85 bits per heavy atom. The van der Waals surface area contributed by atoms with E-state index in [1.165, 1.54) is 0 Å². The average Bonchev–Trinajstić information content (AvgIpc) is 2.14. The number of urea groups is 1. The summed E-state index contributed by atoms with van der Waals surface area (Å²) in [5, 5.41) is 21.2. The Hall–Kier alpha value is -1.32. The maximum absolute atomic E-state index is 10.8. The molecule has 0 heterocycles. The van der Waals surface area contributed by atoms with Crippen LogP contribution in [-0.2, 0) is 4.74 Å². The summed E-state index contributed by atoms with van der Waals surface area (Å²) in [5.74, 6) is 0. The molecule has 0 rings (SSSR count). The molecule has 6 nitrogen and oxygen atoms in total. The lowest BCUT2D eigenvalue weighted by atomic mass is 10.6. The summed E-state index contributed by atoms with van der Waals surface area (Å²) in [7, 11) is 0. The summed E-state index contributed by atoms with van der Waals surface area (Å²) in [4.78, 5) is 10.8. The highest BCUT2D eigenvalue weighted by Gasteiger charge is 1.96. The lowest BCUT2D eigenvalue weighted by molar-refractivity contribution is 0.0947. The first-order valence-electron chi connectivity index (χ1n) is 3.88. The van der Waals surface area contributed by atoms with E-state index >= 15 is 0 Å². The fourth-order valence-corrected chi connectivity index (χ4v) is 0.586. The molecule has 0 aliphatic heterocycles. The Labute approximate surface area is 76.5 Å². The normalized spacial score (nSPS) is 8.92. The van der Waals surface area contributed by atoms with Gasteiger partial charge in [0.2, 0.25) is 0 Å². The number of nitrogens with zero attached hydrogens (tertiary/aromatic N) is 1. The van der Waals surface area contributed by atoms with Crippen LogP contribution in [0.15, 0.2) is 0 Å². The molecule has 0 fully saturated rings. The minimum Gasteiger partial charge on any atom is -0.394 e. The third kappa shape index (κ3) is 8.59. The van der Waals surface area contributed by atoms with Crippen LogP contribution in [0.4, 0.5) is 4.79 Å². The van der Waals surface area contributed by atoms with Crippen LogP contribution >= 0.6 is 0 Å². The molecule has 0 radical (unpaired) electrons. The van der Waals surface area contributed by atoms with E-state index in [9.17, 15) is 4.79 Å². The van der Waals surface area contributed by atoms with Crippen LogP contribution in [-0.4, -0.2) is 44.0 Å². The van der Waals surface area contributed by atoms with Crippen molar-refractivity contribution in [1.29, 1.82) is 5.26 Å². The van der Waals surface area contributed by atoms with E-state index in [2.05, 4.69) is 10.6 Å². The molecule has 0 aromatic rings. The maximum atomic E-state index is 10.8. The Balaban J connectivity index is 3.13. The van der Waals surface area contributed by atoms with Crippen LogP contribution in [0.1, 0.15) is 0 Å². The number of hydrogen-bond donors (Lipinski definition) is 3. The van der Waals surface area contributed by atoms with E-state index in [4.69, 9.17) is 15.1 Å². The molecule has 0 bridgehead atoms. The van der Waals surface area contributed by atoms with Crippen molar-refractivity contribution in [2.75, 3.05) is 32.9 Å². The van der Waals surface area contributed by atoms with Gasteiger partial charge in [-0.25, -0.2) is 4.79 Å².